The number of carbonyl (C=O) groups is 3. The van der Waals surface area contributed by atoms with E-state index in [0.29, 0.717) is 40.8 Å². The van der Waals surface area contributed by atoms with Crippen molar-refractivity contribution in [1.82, 2.24) is 10.2 Å². The van der Waals surface area contributed by atoms with Crippen LogP contribution in [0, 0.1) is 19.8 Å². The highest BCUT2D eigenvalue weighted by Crippen LogP contribution is 2.33. The molecular formula is C33H48ClN3O4S. The molecule has 0 aliphatic rings. The summed E-state index contributed by atoms with van der Waals surface area (Å²) in [6, 6.07) is 10.9. The summed E-state index contributed by atoms with van der Waals surface area (Å²) in [7, 11) is 0. The lowest BCUT2D eigenvalue weighted by atomic mass is 9.94. The van der Waals surface area contributed by atoms with Crippen LogP contribution >= 0.6 is 23.4 Å². The van der Waals surface area contributed by atoms with Gasteiger partial charge in [-0.15, -0.1) is 0 Å². The summed E-state index contributed by atoms with van der Waals surface area (Å²) < 4.78 is 5.51. The van der Waals surface area contributed by atoms with Crippen molar-refractivity contribution < 1.29 is 19.1 Å². The quantitative estimate of drug-likeness (QED) is 0.238. The number of carbonyl (C=O) groups excluding carboxylic acids is 3. The molecule has 2 aromatic carbocycles. The Morgan fingerprint density at radius 3 is 2.17 bits per heavy atom. The minimum atomic E-state index is -0.964. The van der Waals surface area contributed by atoms with E-state index >= 15 is 0 Å². The minimum Gasteiger partial charge on any atom is -0.444 e. The zero-order valence-electron chi connectivity index (χ0n) is 26.5. The number of hydrogen-bond acceptors (Lipinski definition) is 5. The topological polar surface area (TPSA) is 87.7 Å². The Bertz CT molecular complexity index is 1190. The Morgan fingerprint density at radius 1 is 0.952 bits per heavy atom. The van der Waals surface area contributed by atoms with Crippen molar-refractivity contribution in [2.45, 2.75) is 98.4 Å². The van der Waals surface area contributed by atoms with Gasteiger partial charge in [0.25, 0.3) is 5.91 Å². The lowest BCUT2D eigenvalue weighted by Gasteiger charge is -2.39. The first kappa shape index (κ1) is 35.5. The highest BCUT2D eigenvalue weighted by Gasteiger charge is 2.39. The fourth-order valence-corrected chi connectivity index (χ4v) is 5.47. The minimum absolute atomic E-state index is 0.306. The Labute approximate surface area is 261 Å². The predicted molar refractivity (Wildman–Crippen MR) is 175 cm³/mol. The molecule has 7 nitrogen and oxygen atoms in total. The van der Waals surface area contributed by atoms with E-state index in [-0.39, 0.29) is 17.9 Å². The summed E-state index contributed by atoms with van der Waals surface area (Å²) in [4.78, 5) is 43.5. The van der Waals surface area contributed by atoms with Gasteiger partial charge >= 0.3 is 6.09 Å². The summed E-state index contributed by atoms with van der Waals surface area (Å²) in [6.07, 6.45) is 3.23. The van der Waals surface area contributed by atoms with Crippen LogP contribution in [0.3, 0.4) is 0 Å². The average Bonchev–Trinajstić information content (AvgIpc) is 2.89. The Kier molecular flexibility index (Phi) is 13.7. The number of nitrogens with one attached hydrogen (secondary N) is 2. The molecule has 0 fully saturated rings. The summed E-state index contributed by atoms with van der Waals surface area (Å²) in [6.45, 7) is 15.4. The van der Waals surface area contributed by atoms with Gasteiger partial charge in [-0.3, -0.25) is 9.59 Å². The molecule has 42 heavy (non-hydrogen) atoms. The molecule has 2 aromatic rings. The van der Waals surface area contributed by atoms with Crippen LogP contribution in [0.4, 0.5) is 10.5 Å². The third kappa shape index (κ3) is 10.5. The molecular weight excluding hydrogens is 570 g/mol. The fourth-order valence-electron chi connectivity index (χ4n) is 4.73. The van der Waals surface area contributed by atoms with Gasteiger partial charge in [0.15, 0.2) is 0 Å². The Balaban J connectivity index is 2.67. The maximum Gasteiger partial charge on any atom is 0.408 e. The zero-order chi connectivity index (χ0) is 31.6. The van der Waals surface area contributed by atoms with Gasteiger partial charge in [-0.05, 0) is 101 Å². The number of para-hydroxylation sites is 1. The molecule has 3 unspecified atom stereocenters. The van der Waals surface area contributed by atoms with Crippen LogP contribution in [0.25, 0.3) is 0 Å². The van der Waals surface area contributed by atoms with Gasteiger partial charge < -0.3 is 20.3 Å². The van der Waals surface area contributed by atoms with Crippen molar-refractivity contribution in [3.8, 4) is 0 Å². The van der Waals surface area contributed by atoms with Crippen LogP contribution < -0.4 is 10.6 Å². The number of halogens is 1. The van der Waals surface area contributed by atoms with E-state index in [2.05, 4.69) is 24.5 Å². The highest BCUT2D eigenvalue weighted by atomic mass is 35.5. The van der Waals surface area contributed by atoms with Crippen molar-refractivity contribution in [2.75, 3.05) is 17.3 Å². The number of thioether (sulfide) groups is 1. The summed E-state index contributed by atoms with van der Waals surface area (Å²) in [5.41, 5.74) is 2.19. The van der Waals surface area contributed by atoms with Crippen LogP contribution in [-0.4, -0.2) is 52.5 Å². The van der Waals surface area contributed by atoms with Gasteiger partial charge in [0, 0.05) is 6.04 Å². The van der Waals surface area contributed by atoms with E-state index < -0.39 is 23.8 Å². The molecule has 0 heterocycles. The van der Waals surface area contributed by atoms with E-state index in [0.717, 1.165) is 17.5 Å². The van der Waals surface area contributed by atoms with E-state index in [1.807, 2.05) is 63.4 Å². The molecule has 0 saturated heterocycles. The lowest BCUT2D eigenvalue weighted by molar-refractivity contribution is -0.143. The normalized spacial score (nSPS) is 13.7. The molecule has 0 spiro atoms. The number of ether oxygens (including phenoxy) is 1. The first-order valence-corrected chi connectivity index (χ1v) is 16.4. The van der Waals surface area contributed by atoms with Crippen LogP contribution in [0.1, 0.15) is 83.5 Å². The zero-order valence-corrected chi connectivity index (χ0v) is 28.1. The molecule has 2 rings (SSSR count). The molecule has 0 bridgehead atoms. The van der Waals surface area contributed by atoms with Gasteiger partial charge in [0.2, 0.25) is 5.91 Å². The molecule has 0 saturated carbocycles. The third-order valence-corrected chi connectivity index (χ3v) is 7.93. The highest BCUT2D eigenvalue weighted by molar-refractivity contribution is 7.98. The first-order chi connectivity index (χ1) is 19.7. The van der Waals surface area contributed by atoms with Crippen LogP contribution in [0.2, 0.25) is 5.02 Å². The monoisotopic (exact) mass is 617 g/mol. The first-order valence-electron chi connectivity index (χ1n) is 14.6. The standard InChI is InChI=1S/C33H48ClN3O4S/c1-21(2)17-18-24(5)37(31(39)27(19-20-42-9)35-32(40)41-33(6,7)8)29(25-15-11-10-13-22(25)3)30(38)36-28-23(4)14-12-16-26(28)34/h10-16,21,24,27,29H,17-20H2,1-9H3,(H,35,40)(H,36,38). The third-order valence-electron chi connectivity index (χ3n) is 6.97. The fraction of sp³-hybridized carbons (Fsp3) is 0.545. The lowest BCUT2D eigenvalue weighted by Crippen LogP contribution is -2.55. The number of anilines is 1. The molecule has 3 atom stereocenters. The number of aryl methyl sites for hydroxylation is 2. The summed E-state index contributed by atoms with van der Waals surface area (Å²) >= 11 is 8.09. The van der Waals surface area contributed by atoms with Crippen molar-refractivity contribution >= 4 is 47.0 Å². The number of benzene rings is 2. The number of alkyl carbamates (subject to hydrolysis) is 1. The molecule has 9 heteroatoms. The second-order valence-electron chi connectivity index (χ2n) is 12.2. The van der Waals surface area contributed by atoms with Crippen LogP contribution in [-0.2, 0) is 14.3 Å². The van der Waals surface area contributed by atoms with Crippen molar-refractivity contribution in [3.05, 3.63) is 64.2 Å². The van der Waals surface area contributed by atoms with Gasteiger partial charge in [0.05, 0.1) is 10.7 Å². The number of rotatable bonds is 13. The van der Waals surface area contributed by atoms with Crippen LogP contribution in [0.15, 0.2) is 42.5 Å². The summed E-state index contributed by atoms with van der Waals surface area (Å²) in [5.74, 6) is 0.352. The van der Waals surface area contributed by atoms with Gasteiger partial charge in [-0.1, -0.05) is 61.8 Å². The molecule has 0 aliphatic heterocycles. The van der Waals surface area contributed by atoms with Crippen LogP contribution in [0.5, 0.6) is 0 Å². The smallest absolute Gasteiger partial charge is 0.408 e. The maximum atomic E-state index is 14.6. The van der Waals surface area contributed by atoms with E-state index in [1.165, 1.54) is 0 Å². The second-order valence-corrected chi connectivity index (χ2v) is 13.6. The molecule has 2 N–H and O–H groups in total. The number of nitrogens with zero attached hydrogens (tertiary/aromatic N) is 1. The van der Waals surface area contributed by atoms with E-state index in [4.69, 9.17) is 16.3 Å². The molecule has 3 amide bonds. The average molecular weight is 618 g/mol. The summed E-state index contributed by atoms with van der Waals surface area (Å²) in [5, 5.41) is 6.27. The van der Waals surface area contributed by atoms with Gasteiger partial charge in [0.1, 0.15) is 17.7 Å². The van der Waals surface area contributed by atoms with Crippen molar-refractivity contribution in [2.24, 2.45) is 5.92 Å². The van der Waals surface area contributed by atoms with E-state index in [1.54, 1.807) is 43.5 Å². The molecule has 232 valence electrons. The second kappa shape index (κ2) is 16.2. The largest absolute Gasteiger partial charge is 0.444 e. The number of amides is 3. The van der Waals surface area contributed by atoms with E-state index in [9.17, 15) is 14.4 Å². The SMILES string of the molecule is CSCCC(NC(=O)OC(C)(C)C)C(=O)N(C(C)CCC(C)C)C(C(=O)Nc1c(C)cccc1Cl)c1ccccc1C. The van der Waals surface area contributed by atoms with Crippen molar-refractivity contribution in [1.29, 1.82) is 0 Å². The van der Waals surface area contributed by atoms with Gasteiger partial charge in [-0.2, -0.15) is 11.8 Å². The molecule has 0 radical (unpaired) electrons. The van der Waals surface area contributed by atoms with Gasteiger partial charge in [-0.25, -0.2) is 4.79 Å². The maximum absolute atomic E-state index is 14.6. The van der Waals surface area contributed by atoms with Crippen molar-refractivity contribution in [3.63, 3.8) is 0 Å². The predicted octanol–water partition coefficient (Wildman–Crippen LogP) is 7.94. The number of hydrogen-bond donors (Lipinski definition) is 2. The Morgan fingerprint density at radius 2 is 1.60 bits per heavy atom. The molecule has 0 aliphatic carbocycles. The Hall–Kier alpha value is -2.71. The molecule has 0 aromatic heterocycles.